The zero-order valence-electron chi connectivity index (χ0n) is 18.7. The molecule has 2 rings (SSSR count). The lowest BCUT2D eigenvalue weighted by Gasteiger charge is -2.28. The minimum absolute atomic E-state index is 0.138. The minimum atomic E-state index is -4.64. The van der Waals surface area contributed by atoms with Gasteiger partial charge in [0.15, 0.2) is 0 Å². The van der Waals surface area contributed by atoms with Gasteiger partial charge in [0.25, 0.3) is 0 Å². The molecule has 2 aromatic carbocycles. The first-order chi connectivity index (χ1) is 14.7. The Kier molecular flexibility index (Phi) is 7.80. The molecule has 0 spiro atoms. The van der Waals surface area contributed by atoms with E-state index in [1.54, 1.807) is 32.9 Å². The summed E-state index contributed by atoms with van der Waals surface area (Å²) in [6, 6.07) is 10.9. The largest absolute Gasteiger partial charge is 0.416 e. The first-order valence-electron chi connectivity index (χ1n) is 10.1. The molecule has 0 aliphatic rings. The zero-order chi connectivity index (χ0) is 24.3. The third-order valence-corrected chi connectivity index (χ3v) is 7.07. The van der Waals surface area contributed by atoms with Gasteiger partial charge in [0.1, 0.15) is 5.76 Å². The fourth-order valence-electron chi connectivity index (χ4n) is 3.47. The lowest BCUT2D eigenvalue weighted by atomic mass is 9.87. The number of rotatable bonds is 8. The van der Waals surface area contributed by atoms with E-state index in [1.807, 2.05) is 26.0 Å². The number of sulfonamides is 1. The average molecular weight is 471 g/mol. The van der Waals surface area contributed by atoms with Crippen molar-refractivity contribution in [3.63, 3.8) is 0 Å². The first-order valence-corrected chi connectivity index (χ1v) is 11.6. The molecule has 0 heterocycles. The highest BCUT2D eigenvalue weighted by Crippen LogP contribution is 2.33. The highest BCUT2D eigenvalue weighted by atomic mass is 32.2. The molecule has 176 valence electrons. The number of nitrogens with two attached hydrogens (primary N) is 1. The van der Waals surface area contributed by atoms with Crippen LogP contribution in [0.5, 0.6) is 0 Å². The molecule has 0 fully saturated rings. The Hall–Kier alpha value is -2.36. The van der Waals surface area contributed by atoms with Crippen LogP contribution in [0.2, 0.25) is 0 Å². The van der Waals surface area contributed by atoms with Crippen LogP contribution in [0.15, 0.2) is 59.2 Å². The van der Waals surface area contributed by atoms with Crippen molar-refractivity contribution < 1.29 is 26.4 Å². The second-order valence-corrected chi connectivity index (χ2v) is 9.92. The number of hydrogen-bond donors (Lipinski definition) is 2. The van der Waals surface area contributed by atoms with Crippen molar-refractivity contribution in [3.8, 4) is 0 Å². The summed E-state index contributed by atoms with van der Waals surface area (Å²) in [5.41, 5.74) is 0.220. The molecule has 9 heteroatoms. The highest BCUT2D eigenvalue weighted by Gasteiger charge is 2.33. The van der Waals surface area contributed by atoms with Gasteiger partial charge < -0.3 is 4.84 Å². The molecule has 2 aromatic rings. The number of nitrogens with one attached hydrogen (secondary N) is 1. The average Bonchev–Trinajstić information content (AvgIpc) is 2.72. The Morgan fingerprint density at radius 3 is 2.25 bits per heavy atom. The molecule has 0 bridgehead atoms. The summed E-state index contributed by atoms with van der Waals surface area (Å²) in [5.74, 6) is 6.08. The maximum Gasteiger partial charge on any atom is 0.416 e. The molecule has 0 aromatic heterocycles. The van der Waals surface area contributed by atoms with Crippen LogP contribution in [-0.4, -0.2) is 8.42 Å². The van der Waals surface area contributed by atoms with E-state index in [9.17, 15) is 21.6 Å². The van der Waals surface area contributed by atoms with Gasteiger partial charge in [-0.2, -0.15) is 19.1 Å². The Balaban J connectivity index is 2.46. The van der Waals surface area contributed by atoms with Gasteiger partial charge in [0.2, 0.25) is 10.0 Å². The first kappa shape index (κ1) is 25.9. The number of halogens is 3. The van der Waals surface area contributed by atoms with Crippen molar-refractivity contribution in [1.29, 1.82) is 0 Å². The van der Waals surface area contributed by atoms with Crippen molar-refractivity contribution in [2.75, 3.05) is 0 Å². The molecule has 1 unspecified atom stereocenters. The van der Waals surface area contributed by atoms with Gasteiger partial charge in [0, 0.05) is 5.57 Å². The third kappa shape index (κ3) is 5.90. The summed E-state index contributed by atoms with van der Waals surface area (Å²) >= 11 is 0. The maximum absolute atomic E-state index is 13.0. The summed E-state index contributed by atoms with van der Waals surface area (Å²) in [6.07, 6.45) is -3.80. The molecule has 0 amide bonds. The van der Waals surface area contributed by atoms with Gasteiger partial charge in [-0.25, -0.2) is 13.1 Å². The topological polar surface area (TPSA) is 81.4 Å². The number of hydrogen-bond acceptors (Lipinski definition) is 4. The van der Waals surface area contributed by atoms with Crippen molar-refractivity contribution in [1.82, 2.24) is 4.72 Å². The third-order valence-electron chi connectivity index (χ3n) is 5.42. The van der Waals surface area contributed by atoms with E-state index in [1.165, 1.54) is 0 Å². The molecule has 0 saturated heterocycles. The predicted octanol–water partition coefficient (Wildman–Crippen LogP) is 5.59. The molecular formula is C23H29F3N2O3S. The van der Waals surface area contributed by atoms with Crippen LogP contribution in [0.1, 0.15) is 57.7 Å². The van der Waals surface area contributed by atoms with E-state index in [-0.39, 0.29) is 5.92 Å². The minimum Gasteiger partial charge on any atom is -0.416 e. The summed E-state index contributed by atoms with van der Waals surface area (Å²) < 4.78 is 67.4. The fourth-order valence-corrected chi connectivity index (χ4v) is 4.92. The second kappa shape index (κ2) is 9.64. The van der Waals surface area contributed by atoms with Crippen molar-refractivity contribution in [2.45, 2.75) is 57.7 Å². The molecule has 0 aliphatic heterocycles. The van der Waals surface area contributed by atoms with Gasteiger partial charge in [-0.05, 0) is 68.5 Å². The van der Waals surface area contributed by atoms with Crippen LogP contribution in [-0.2, 0) is 26.6 Å². The van der Waals surface area contributed by atoms with E-state index in [0.29, 0.717) is 17.4 Å². The monoisotopic (exact) mass is 470 g/mol. The molecule has 3 N–H and O–H groups in total. The van der Waals surface area contributed by atoms with Crippen molar-refractivity contribution in [3.05, 3.63) is 71.0 Å². The molecule has 0 saturated carbocycles. The lowest BCUT2D eigenvalue weighted by molar-refractivity contribution is -0.137. The van der Waals surface area contributed by atoms with E-state index >= 15 is 0 Å². The van der Waals surface area contributed by atoms with Crippen LogP contribution in [0.4, 0.5) is 13.2 Å². The maximum atomic E-state index is 13.0. The molecule has 1 atom stereocenters. The molecule has 0 radical (unpaired) electrons. The van der Waals surface area contributed by atoms with Crippen LogP contribution in [0.3, 0.4) is 0 Å². The number of benzene rings is 2. The Morgan fingerprint density at radius 1 is 1.09 bits per heavy atom. The molecule has 0 aliphatic carbocycles. The summed E-state index contributed by atoms with van der Waals surface area (Å²) in [7, 11) is -4.23. The predicted molar refractivity (Wildman–Crippen MR) is 119 cm³/mol. The quantitative estimate of drug-likeness (QED) is 0.389. The Morgan fingerprint density at radius 2 is 1.69 bits per heavy atom. The van der Waals surface area contributed by atoms with Crippen LogP contribution in [0.25, 0.3) is 5.57 Å². The normalized spacial score (nSPS) is 14.7. The molecular weight excluding hydrogens is 441 g/mol. The summed E-state index contributed by atoms with van der Waals surface area (Å²) in [4.78, 5) is 4.51. The van der Waals surface area contributed by atoms with E-state index in [2.05, 4.69) is 4.72 Å². The van der Waals surface area contributed by atoms with Crippen LogP contribution in [0, 0.1) is 5.92 Å². The van der Waals surface area contributed by atoms with Gasteiger partial charge in [-0.15, -0.1) is 0 Å². The Labute approximate surface area is 187 Å². The Bertz CT molecular complexity index is 1090. The standard InChI is InChI=1S/C23H29F3N2O3S/c1-6-15(2)21(16(3)31-27)17-9-7-10-18(13-17)22(4,5)28-32(29,30)20-12-8-11-19(14-20)23(24,25)26/h7-15,28H,6,27H2,1-5H3/b21-16+. The zero-order valence-corrected chi connectivity index (χ0v) is 19.6. The smallest absolute Gasteiger partial charge is 0.416 e. The summed E-state index contributed by atoms with van der Waals surface area (Å²) in [5, 5.41) is 0. The number of alkyl halides is 3. The van der Waals surface area contributed by atoms with E-state index < -0.39 is 32.2 Å². The van der Waals surface area contributed by atoms with Crippen LogP contribution < -0.4 is 10.6 Å². The molecule has 32 heavy (non-hydrogen) atoms. The fraction of sp³-hybridized carbons (Fsp3) is 0.391. The summed E-state index contributed by atoms with van der Waals surface area (Å²) in [6.45, 7) is 9.12. The van der Waals surface area contributed by atoms with Gasteiger partial charge in [0.05, 0.1) is 16.0 Å². The molecule has 5 nitrogen and oxygen atoms in total. The van der Waals surface area contributed by atoms with Crippen molar-refractivity contribution >= 4 is 15.6 Å². The van der Waals surface area contributed by atoms with Crippen molar-refractivity contribution in [2.24, 2.45) is 11.8 Å². The van der Waals surface area contributed by atoms with Gasteiger partial charge >= 0.3 is 6.18 Å². The highest BCUT2D eigenvalue weighted by molar-refractivity contribution is 7.89. The lowest BCUT2D eigenvalue weighted by Crippen LogP contribution is -2.41. The number of allylic oxidation sites excluding steroid dienone is 2. The SMILES string of the molecule is CCC(C)/C(=C(/C)ON)c1cccc(C(C)(C)NS(=O)(=O)c2cccc(C(F)(F)F)c2)c1. The van der Waals surface area contributed by atoms with Gasteiger partial charge in [-0.3, -0.25) is 0 Å². The second-order valence-electron chi connectivity index (χ2n) is 8.23. The van der Waals surface area contributed by atoms with Crippen LogP contribution >= 0.6 is 0 Å². The van der Waals surface area contributed by atoms with E-state index in [0.717, 1.165) is 35.8 Å². The van der Waals surface area contributed by atoms with E-state index in [4.69, 9.17) is 10.7 Å². The van der Waals surface area contributed by atoms with Gasteiger partial charge in [-0.1, -0.05) is 38.1 Å².